The van der Waals surface area contributed by atoms with Crippen molar-refractivity contribution in [2.45, 2.75) is 38.1 Å². The van der Waals surface area contributed by atoms with Gasteiger partial charge in [-0.25, -0.2) is 15.0 Å². The van der Waals surface area contributed by atoms with Gasteiger partial charge in [-0.3, -0.25) is 0 Å². The summed E-state index contributed by atoms with van der Waals surface area (Å²) in [6.07, 6.45) is 10.4. The number of imidazole rings is 2. The summed E-state index contributed by atoms with van der Waals surface area (Å²) in [5.41, 5.74) is 6.30. The second-order valence-electron chi connectivity index (χ2n) is 9.86. The molecule has 0 amide bonds. The number of aromatic amines is 1. The number of benzene rings is 1. The average molecular weight is 428 g/mol. The summed E-state index contributed by atoms with van der Waals surface area (Å²) < 4.78 is 2.39. The molecule has 0 radical (unpaired) electrons. The van der Waals surface area contributed by atoms with E-state index in [1.165, 1.54) is 37.6 Å². The van der Waals surface area contributed by atoms with Crippen LogP contribution >= 0.6 is 0 Å². The summed E-state index contributed by atoms with van der Waals surface area (Å²) >= 11 is 0. The van der Waals surface area contributed by atoms with Gasteiger partial charge in [-0.2, -0.15) is 0 Å². The third-order valence-corrected chi connectivity index (χ3v) is 7.92. The van der Waals surface area contributed by atoms with E-state index in [0.29, 0.717) is 6.04 Å². The molecule has 7 rings (SSSR count). The van der Waals surface area contributed by atoms with E-state index >= 15 is 0 Å². The third-order valence-electron chi connectivity index (χ3n) is 7.92. The van der Waals surface area contributed by atoms with E-state index in [-0.39, 0.29) is 0 Å². The Morgan fingerprint density at radius 2 is 1.78 bits per heavy atom. The molecule has 5 heterocycles. The van der Waals surface area contributed by atoms with Gasteiger partial charge in [0.15, 0.2) is 0 Å². The highest BCUT2D eigenvalue weighted by Gasteiger charge is 2.36. The van der Waals surface area contributed by atoms with E-state index in [0.717, 1.165) is 71.6 Å². The molecule has 2 saturated heterocycles. The van der Waals surface area contributed by atoms with Crippen molar-refractivity contribution in [1.82, 2.24) is 29.8 Å². The van der Waals surface area contributed by atoms with Gasteiger partial charge in [-0.1, -0.05) is 25.3 Å². The van der Waals surface area contributed by atoms with Gasteiger partial charge >= 0.3 is 0 Å². The molecular formula is C25H29N7. The van der Waals surface area contributed by atoms with Crippen LogP contribution in [0.2, 0.25) is 0 Å². The van der Waals surface area contributed by atoms with Gasteiger partial charge in [0.25, 0.3) is 0 Å². The zero-order chi connectivity index (χ0) is 21.1. The number of nitrogens with zero attached hydrogens (tertiary/aromatic N) is 5. The van der Waals surface area contributed by atoms with Crippen LogP contribution in [-0.2, 0) is 0 Å². The largest absolute Gasteiger partial charge is 0.356 e. The van der Waals surface area contributed by atoms with Crippen molar-refractivity contribution in [2.24, 2.45) is 11.8 Å². The predicted molar refractivity (Wildman–Crippen MR) is 127 cm³/mol. The maximum atomic E-state index is 5.14. The van der Waals surface area contributed by atoms with Crippen molar-refractivity contribution in [3.63, 3.8) is 0 Å². The van der Waals surface area contributed by atoms with Crippen molar-refractivity contribution in [2.75, 3.05) is 31.1 Å². The van der Waals surface area contributed by atoms with Crippen LogP contribution in [0.1, 0.15) is 38.1 Å². The summed E-state index contributed by atoms with van der Waals surface area (Å²) in [7, 11) is 0. The van der Waals surface area contributed by atoms with Crippen LogP contribution in [-0.4, -0.2) is 50.7 Å². The van der Waals surface area contributed by atoms with Gasteiger partial charge in [-0.05, 0) is 36.8 Å². The molecule has 3 aliphatic rings. The Hall–Kier alpha value is -2.93. The number of nitrogens with one attached hydrogen (secondary N) is 2. The van der Waals surface area contributed by atoms with Crippen LogP contribution < -0.4 is 10.2 Å². The second-order valence-corrected chi connectivity index (χ2v) is 9.86. The van der Waals surface area contributed by atoms with Gasteiger partial charge in [0.1, 0.15) is 17.0 Å². The van der Waals surface area contributed by atoms with E-state index in [1.54, 1.807) is 6.33 Å². The lowest BCUT2D eigenvalue weighted by atomic mass is 9.95. The molecule has 0 bridgehead atoms. The molecule has 164 valence electrons. The first-order valence-electron chi connectivity index (χ1n) is 12.1. The molecular weight excluding hydrogens is 398 g/mol. The fourth-order valence-corrected chi connectivity index (χ4v) is 6.17. The Morgan fingerprint density at radius 1 is 0.938 bits per heavy atom. The molecule has 0 spiro atoms. The third kappa shape index (κ3) is 2.94. The molecule has 3 aromatic heterocycles. The molecule has 7 nitrogen and oxygen atoms in total. The average Bonchev–Trinajstić information content (AvgIpc) is 3.61. The topological polar surface area (TPSA) is 74.7 Å². The first kappa shape index (κ1) is 18.6. The van der Waals surface area contributed by atoms with E-state index < -0.39 is 0 Å². The Balaban J connectivity index is 1.28. The lowest BCUT2D eigenvalue weighted by Crippen LogP contribution is -2.26. The summed E-state index contributed by atoms with van der Waals surface area (Å²) in [5.74, 6) is 2.52. The summed E-state index contributed by atoms with van der Waals surface area (Å²) in [5, 5.41) is 3.53. The van der Waals surface area contributed by atoms with Crippen LogP contribution in [0.3, 0.4) is 0 Å². The number of aromatic nitrogens is 5. The number of anilines is 1. The molecule has 4 aromatic rings. The van der Waals surface area contributed by atoms with Crippen molar-refractivity contribution in [1.29, 1.82) is 0 Å². The van der Waals surface area contributed by atoms with Crippen LogP contribution in [0, 0.1) is 11.8 Å². The van der Waals surface area contributed by atoms with Crippen molar-refractivity contribution < 1.29 is 0 Å². The van der Waals surface area contributed by atoms with E-state index in [1.807, 2.05) is 6.33 Å². The zero-order valence-electron chi connectivity index (χ0n) is 18.3. The molecule has 2 atom stereocenters. The van der Waals surface area contributed by atoms with Crippen LogP contribution in [0.25, 0.3) is 33.3 Å². The van der Waals surface area contributed by atoms with Gasteiger partial charge in [-0.15, -0.1) is 0 Å². The normalized spacial score (nSPS) is 24.1. The van der Waals surface area contributed by atoms with Gasteiger partial charge in [0.2, 0.25) is 0 Å². The Morgan fingerprint density at radius 3 is 2.62 bits per heavy atom. The fourth-order valence-electron chi connectivity index (χ4n) is 6.17. The molecule has 32 heavy (non-hydrogen) atoms. The standard InChI is InChI=1S/C25H29N7/c1-2-4-19(5-3-1)32-15-29-20-8-16(6-7-22(20)32)24-25-21(27-14-28-25)9-23(30-24)31-12-17-10-26-11-18(17)13-31/h6-9,14-15,17-19,26H,1-5,10-13H2,(H,27,28). The number of rotatable bonds is 3. The quantitative estimate of drug-likeness (QED) is 0.514. The molecule has 7 heteroatoms. The van der Waals surface area contributed by atoms with Gasteiger partial charge in [0, 0.05) is 43.9 Å². The van der Waals surface area contributed by atoms with Gasteiger partial charge < -0.3 is 19.8 Å². The Bertz CT molecular complexity index is 1270. The molecule has 3 fully saturated rings. The van der Waals surface area contributed by atoms with Crippen molar-refractivity contribution >= 4 is 27.9 Å². The number of pyridine rings is 1. The molecule has 1 aromatic carbocycles. The highest BCUT2D eigenvalue weighted by molar-refractivity contribution is 5.93. The summed E-state index contributed by atoms with van der Waals surface area (Å²) in [6, 6.07) is 9.37. The lowest BCUT2D eigenvalue weighted by molar-refractivity contribution is 0.359. The maximum absolute atomic E-state index is 5.14. The van der Waals surface area contributed by atoms with Crippen molar-refractivity contribution in [3.05, 3.63) is 36.9 Å². The summed E-state index contributed by atoms with van der Waals surface area (Å²) in [6.45, 7) is 4.41. The molecule has 1 saturated carbocycles. The molecule has 2 N–H and O–H groups in total. The maximum Gasteiger partial charge on any atom is 0.131 e. The Kier molecular flexibility index (Phi) is 4.25. The zero-order valence-corrected chi connectivity index (χ0v) is 18.3. The number of H-pyrrole nitrogens is 1. The summed E-state index contributed by atoms with van der Waals surface area (Å²) in [4.78, 5) is 20.3. The first-order chi connectivity index (χ1) is 15.8. The SMILES string of the molecule is c1nc2c(-c3ccc4c(c3)ncn4C3CCCCC3)nc(N3CC4CNCC4C3)cc2[nH]1. The van der Waals surface area contributed by atoms with Crippen LogP contribution in [0.4, 0.5) is 5.82 Å². The molecule has 2 unspecified atom stereocenters. The first-order valence-corrected chi connectivity index (χ1v) is 12.1. The molecule has 1 aliphatic carbocycles. The predicted octanol–water partition coefficient (Wildman–Crippen LogP) is 4.14. The van der Waals surface area contributed by atoms with Crippen molar-refractivity contribution in [3.8, 4) is 11.3 Å². The number of hydrogen-bond donors (Lipinski definition) is 2. The van der Waals surface area contributed by atoms with Crippen LogP contribution in [0.15, 0.2) is 36.9 Å². The monoisotopic (exact) mass is 427 g/mol. The minimum absolute atomic E-state index is 0.586. The number of hydrogen-bond acceptors (Lipinski definition) is 5. The van der Waals surface area contributed by atoms with Gasteiger partial charge in [0.05, 0.1) is 29.2 Å². The lowest BCUT2D eigenvalue weighted by Gasteiger charge is -2.23. The van der Waals surface area contributed by atoms with E-state index in [9.17, 15) is 0 Å². The Labute approximate surface area is 187 Å². The smallest absolute Gasteiger partial charge is 0.131 e. The van der Waals surface area contributed by atoms with E-state index in [2.05, 4.69) is 49.0 Å². The highest BCUT2D eigenvalue weighted by atomic mass is 15.2. The second kappa shape index (κ2) is 7.30. The minimum Gasteiger partial charge on any atom is -0.356 e. The highest BCUT2D eigenvalue weighted by Crippen LogP contribution is 2.35. The number of fused-ring (bicyclic) bond motifs is 3. The van der Waals surface area contributed by atoms with E-state index in [4.69, 9.17) is 9.97 Å². The van der Waals surface area contributed by atoms with Crippen LogP contribution in [0.5, 0.6) is 0 Å². The molecule has 2 aliphatic heterocycles. The fraction of sp³-hybridized carbons (Fsp3) is 0.480. The minimum atomic E-state index is 0.586.